The molecule has 0 heterocycles. The predicted molar refractivity (Wildman–Crippen MR) is 69.0 cm³/mol. The Morgan fingerprint density at radius 3 is 2.29 bits per heavy atom. The SMILES string of the molecule is CCOC(=O)/C(=C(/C)[O-])c1ccc([N+](=O)[O-])cc1[N+](=O)[O-]. The summed E-state index contributed by atoms with van der Waals surface area (Å²) in [6, 6.07) is 2.66. The van der Waals surface area contributed by atoms with E-state index < -0.39 is 38.5 Å². The molecule has 0 aliphatic heterocycles. The van der Waals surface area contributed by atoms with Crippen molar-refractivity contribution < 1.29 is 24.5 Å². The summed E-state index contributed by atoms with van der Waals surface area (Å²) in [5.74, 6) is -1.74. The molecule has 0 saturated heterocycles. The van der Waals surface area contributed by atoms with Crippen molar-refractivity contribution in [1.29, 1.82) is 0 Å². The highest BCUT2D eigenvalue weighted by molar-refractivity contribution is 6.18. The topological polar surface area (TPSA) is 136 Å². The summed E-state index contributed by atoms with van der Waals surface area (Å²) < 4.78 is 4.68. The van der Waals surface area contributed by atoms with Crippen LogP contribution in [0.1, 0.15) is 19.4 Å². The molecule has 0 radical (unpaired) electrons. The molecule has 9 heteroatoms. The Balaban J connectivity index is 3.53. The van der Waals surface area contributed by atoms with Gasteiger partial charge in [-0.05, 0) is 13.0 Å². The molecular formula is C12H11N2O7-. The van der Waals surface area contributed by atoms with Gasteiger partial charge in [-0.3, -0.25) is 20.2 Å². The smallest absolute Gasteiger partial charge is 0.338 e. The third-order valence-electron chi connectivity index (χ3n) is 2.49. The van der Waals surface area contributed by atoms with Gasteiger partial charge in [0, 0.05) is 6.07 Å². The zero-order valence-electron chi connectivity index (χ0n) is 11.2. The molecule has 1 aromatic carbocycles. The van der Waals surface area contributed by atoms with Gasteiger partial charge in [-0.1, -0.05) is 6.92 Å². The van der Waals surface area contributed by atoms with E-state index in [2.05, 4.69) is 4.74 Å². The number of benzene rings is 1. The van der Waals surface area contributed by atoms with E-state index in [0.717, 1.165) is 19.1 Å². The van der Waals surface area contributed by atoms with Gasteiger partial charge < -0.3 is 9.84 Å². The Bertz CT molecular complexity index is 632. The summed E-state index contributed by atoms with van der Waals surface area (Å²) in [6.45, 7) is 2.55. The quantitative estimate of drug-likeness (QED) is 0.261. The lowest BCUT2D eigenvalue weighted by molar-refractivity contribution is -0.394. The Morgan fingerprint density at radius 1 is 1.24 bits per heavy atom. The average molecular weight is 295 g/mol. The summed E-state index contributed by atoms with van der Waals surface area (Å²) in [6.07, 6.45) is 0. The number of hydrogen-bond acceptors (Lipinski definition) is 7. The maximum atomic E-state index is 11.7. The molecule has 112 valence electrons. The van der Waals surface area contributed by atoms with Gasteiger partial charge in [-0.25, -0.2) is 4.79 Å². The highest BCUT2D eigenvalue weighted by atomic mass is 16.6. The van der Waals surface area contributed by atoms with E-state index >= 15 is 0 Å². The minimum absolute atomic E-state index is 0.0175. The zero-order chi connectivity index (χ0) is 16.2. The summed E-state index contributed by atoms with van der Waals surface area (Å²) >= 11 is 0. The minimum Gasteiger partial charge on any atom is -0.875 e. The first-order valence-electron chi connectivity index (χ1n) is 5.77. The number of nitrogens with zero attached hydrogens (tertiary/aromatic N) is 2. The van der Waals surface area contributed by atoms with Crippen molar-refractivity contribution in [1.82, 2.24) is 0 Å². The second-order valence-corrected chi connectivity index (χ2v) is 3.87. The maximum absolute atomic E-state index is 11.7. The van der Waals surface area contributed by atoms with Crippen molar-refractivity contribution in [2.45, 2.75) is 13.8 Å². The number of esters is 1. The number of rotatable bonds is 5. The predicted octanol–water partition coefficient (Wildman–Crippen LogP) is 1.16. The van der Waals surface area contributed by atoms with Gasteiger partial charge in [0.25, 0.3) is 11.4 Å². The number of ether oxygens (including phenoxy) is 1. The third kappa shape index (κ3) is 3.53. The molecule has 21 heavy (non-hydrogen) atoms. The van der Waals surface area contributed by atoms with Gasteiger partial charge in [0.05, 0.1) is 33.7 Å². The molecule has 0 bridgehead atoms. The fourth-order valence-corrected chi connectivity index (χ4v) is 1.64. The highest BCUT2D eigenvalue weighted by Crippen LogP contribution is 2.31. The van der Waals surface area contributed by atoms with Crippen LogP contribution < -0.4 is 5.11 Å². The lowest BCUT2D eigenvalue weighted by Crippen LogP contribution is -2.15. The molecule has 0 N–H and O–H groups in total. The van der Waals surface area contributed by atoms with Gasteiger partial charge in [0.15, 0.2) is 0 Å². The summed E-state index contributed by atoms with van der Waals surface area (Å²) in [4.78, 5) is 31.7. The standard InChI is InChI=1S/C12H12N2O7/c1-3-21-12(16)11(7(2)15)9-5-4-8(13(17)18)6-10(9)14(19)20/h4-6,15H,3H2,1-2H3/p-1/b11-7-. The summed E-state index contributed by atoms with van der Waals surface area (Å²) in [5.41, 5.74) is -2.05. The lowest BCUT2D eigenvalue weighted by Gasteiger charge is -2.14. The molecule has 0 aliphatic carbocycles. The van der Waals surface area contributed by atoms with E-state index in [-0.39, 0.29) is 12.2 Å². The molecule has 0 aromatic heterocycles. The Kier molecular flexibility index (Phi) is 4.95. The van der Waals surface area contributed by atoms with Crippen molar-refractivity contribution in [3.63, 3.8) is 0 Å². The van der Waals surface area contributed by atoms with E-state index in [0.29, 0.717) is 6.07 Å². The maximum Gasteiger partial charge on any atom is 0.338 e. The molecular weight excluding hydrogens is 284 g/mol. The van der Waals surface area contributed by atoms with Crippen LogP contribution in [0.5, 0.6) is 0 Å². The van der Waals surface area contributed by atoms with Crippen LogP contribution in [-0.2, 0) is 9.53 Å². The zero-order valence-corrected chi connectivity index (χ0v) is 11.2. The molecule has 0 spiro atoms. The van der Waals surface area contributed by atoms with Crippen LogP contribution in [0, 0.1) is 20.2 Å². The van der Waals surface area contributed by atoms with Gasteiger partial charge in [0.1, 0.15) is 0 Å². The van der Waals surface area contributed by atoms with Crippen molar-refractivity contribution in [3.8, 4) is 0 Å². The Morgan fingerprint density at radius 2 is 1.86 bits per heavy atom. The normalized spacial score (nSPS) is 11.5. The Hall–Kier alpha value is -2.97. The molecule has 1 aromatic rings. The third-order valence-corrected chi connectivity index (χ3v) is 2.49. The molecule has 0 aliphatic rings. The molecule has 0 fully saturated rings. The van der Waals surface area contributed by atoms with E-state index in [9.17, 15) is 30.1 Å². The van der Waals surface area contributed by atoms with E-state index in [1.54, 1.807) is 0 Å². The molecule has 1 rings (SSSR count). The van der Waals surface area contributed by atoms with Crippen molar-refractivity contribution in [2.24, 2.45) is 0 Å². The summed E-state index contributed by atoms with van der Waals surface area (Å²) in [7, 11) is 0. The number of carbonyl (C=O) groups excluding carboxylic acids is 1. The van der Waals surface area contributed by atoms with E-state index in [4.69, 9.17) is 0 Å². The van der Waals surface area contributed by atoms with Crippen LogP contribution in [0.2, 0.25) is 0 Å². The lowest BCUT2D eigenvalue weighted by atomic mass is 10.0. The van der Waals surface area contributed by atoms with E-state index in [1.807, 2.05) is 0 Å². The number of hydrogen-bond donors (Lipinski definition) is 0. The van der Waals surface area contributed by atoms with Crippen LogP contribution in [-0.4, -0.2) is 22.4 Å². The molecule has 9 nitrogen and oxygen atoms in total. The monoisotopic (exact) mass is 295 g/mol. The first-order chi connectivity index (χ1) is 9.79. The van der Waals surface area contributed by atoms with E-state index in [1.165, 1.54) is 6.92 Å². The van der Waals surface area contributed by atoms with Gasteiger partial charge >= 0.3 is 5.97 Å². The average Bonchev–Trinajstić information content (AvgIpc) is 2.38. The van der Waals surface area contributed by atoms with Crippen LogP contribution in [0.15, 0.2) is 24.0 Å². The van der Waals surface area contributed by atoms with Gasteiger partial charge in [0.2, 0.25) is 0 Å². The van der Waals surface area contributed by atoms with Crippen molar-refractivity contribution in [3.05, 3.63) is 49.8 Å². The van der Waals surface area contributed by atoms with Gasteiger partial charge in [-0.15, -0.1) is 5.76 Å². The second-order valence-electron chi connectivity index (χ2n) is 3.87. The Labute approximate surface area is 118 Å². The number of allylic oxidation sites excluding steroid dienone is 1. The number of non-ortho nitro benzene ring substituents is 1. The van der Waals surface area contributed by atoms with Crippen molar-refractivity contribution >= 4 is 22.9 Å². The fraction of sp³-hybridized carbons (Fsp3) is 0.250. The highest BCUT2D eigenvalue weighted by Gasteiger charge is 2.25. The van der Waals surface area contributed by atoms with Crippen LogP contribution in [0.4, 0.5) is 11.4 Å². The van der Waals surface area contributed by atoms with Crippen molar-refractivity contribution in [2.75, 3.05) is 6.61 Å². The largest absolute Gasteiger partial charge is 0.875 e. The van der Waals surface area contributed by atoms with Crippen LogP contribution >= 0.6 is 0 Å². The first-order valence-corrected chi connectivity index (χ1v) is 5.77. The molecule has 0 unspecified atom stereocenters. The first kappa shape index (κ1) is 16.1. The number of carbonyl (C=O) groups is 1. The second kappa shape index (κ2) is 6.46. The number of nitro groups is 2. The molecule has 0 atom stereocenters. The fourth-order valence-electron chi connectivity index (χ4n) is 1.64. The molecule has 0 saturated carbocycles. The summed E-state index contributed by atoms with van der Waals surface area (Å²) in [5, 5.41) is 33.2. The minimum atomic E-state index is -1.01. The van der Waals surface area contributed by atoms with Gasteiger partial charge in [-0.2, -0.15) is 0 Å². The van der Waals surface area contributed by atoms with Crippen LogP contribution in [0.3, 0.4) is 0 Å². The molecule has 0 amide bonds. The van der Waals surface area contributed by atoms with Crippen LogP contribution in [0.25, 0.3) is 5.57 Å². The number of nitro benzene ring substituents is 2.